The zero-order valence-corrected chi connectivity index (χ0v) is 19.6. The average molecular weight is 482 g/mol. The van der Waals surface area contributed by atoms with Crippen molar-refractivity contribution in [2.45, 2.75) is 42.4 Å². The number of methoxy groups -OCH3 is 1. The largest absolute Gasteiger partial charge is 0.495 e. The molecule has 0 aromatic heterocycles. The standard InChI is InChI=1S/C21H27N3O6S2/c1-16(25)22-17-7-9-18(10-8-17)31(26,27)23-20-15-19(11-12-21(20)30-2)32(28,29)24-13-5-3-4-6-14-24/h7-12,15,23H,3-6,13-14H2,1-2H3,(H,22,25). The predicted molar refractivity (Wildman–Crippen MR) is 122 cm³/mol. The molecular weight excluding hydrogens is 454 g/mol. The highest BCUT2D eigenvalue weighted by molar-refractivity contribution is 7.92. The molecule has 0 bridgehead atoms. The van der Waals surface area contributed by atoms with Crippen molar-refractivity contribution in [3.05, 3.63) is 42.5 Å². The van der Waals surface area contributed by atoms with Crippen LogP contribution in [0.1, 0.15) is 32.6 Å². The molecule has 1 heterocycles. The Morgan fingerprint density at radius 3 is 2.06 bits per heavy atom. The normalized spacial score (nSPS) is 15.6. The molecule has 0 radical (unpaired) electrons. The molecule has 2 aromatic carbocycles. The molecule has 0 unspecified atom stereocenters. The van der Waals surface area contributed by atoms with Gasteiger partial charge in [-0.3, -0.25) is 9.52 Å². The molecule has 9 nitrogen and oxygen atoms in total. The first kappa shape index (κ1) is 24.0. The van der Waals surface area contributed by atoms with Crippen molar-refractivity contribution >= 4 is 37.3 Å². The Labute approximate surface area is 188 Å². The van der Waals surface area contributed by atoms with Crippen LogP contribution in [0.25, 0.3) is 0 Å². The Morgan fingerprint density at radius 1 is 0.906 bits per heavy atom. The molecule has 2 N–H and O–H groups in total. The second-order valence-electron chi connectivity index (χ2n) is 7.49. The molecule has 0 atom stereocenters. The van der Waals surface area contributed by atoms with E-state index in [4.69, 9.17) is 4.74 Å². The van der Waals surface area contributed by atoms with Gasteiger partial charge in [0.1, 0.15) is 5.75 Å². The van der Waals surface area contributed by atoms with Crippen LogP contribution in [-0.2, 0) is 24.8 Å². The van der Waals surface area contributed by atoms with E-state index >= 15 is 0 Å². The van der Waals surface area contributed by atoms with Gasteiger partial charge < -0.3 is 10.1 Å². The van der Waals surface area contributed by atoms with Gasteiger partial charge >= 0.3 is 0 Å². The first-order valence-corrected chi connectivity index (χ1v) is 13.1. The molecule has 1 aliphatic rings. The molecule has 174 valence electrons. The Balaban J connectivity index is 1.90. The van der Waals surface area contributed by atoms with E-state index in [1.54, 1.807) is 0 Å². The quantitative estimate of drug-likeness (QED) is 0.627. The number of benzene rings is 2. The molecule has 3 rings (SSSR count). The number of carbonyl (C=O) groups is 1. The molecule has 1 amide bonds. The van der Waals surface area contributed by atoms with Gasteiger partial charge in [0.25, 0.3) is 10.0 Å². The summed E-state index contributed by atoms with van der Waals surface area (Å²) in [5, 5.41) is 2.57. The van der Waals surface area contributed by atoms with Gasteiger partial charge in [0, 0.05) is 25.7 Å². The van der Waals surface area contributed by atoms with Crippen molar-refractivity contribution in [1.82, 2.24) is 4.31 Å². The Morgan fingerprint density at radius 2 is 1.50 bits per heavy atom. The van der Waals surface area contributed by atoms with Gasteiger partial charge in [0.15, 0.2) is 0 Å². The number of amides is 1. The molecule has 0 aliphatic carbocycles. The minimum absolute atomic E-state index is 0.00101. The fraction of sp³-hybridized carbons (Fsp3) is 0.381. The number of hydrogen-bond donors (Lipinski definition) is 2. The number of ether oxygens (including phenoxy) is 1. The second kappa shape index (κ2) is 9.88. The third-order valence-corrected chi connectivity index (χ3v) is 8.38. The second-order valence-corrected chi connectivity index (χ2v) is 11.1. The number of hydrogen-bond acceptors (Lipinski definition) is 6. The maximum atomic E-state index is 13.1. The number of carbonyl (C=O) groups excluding carboxylic acids is 1. The van der Waals surface area contributed by atoms with Gasteiger partial charge in [-0.05, 0) is 55.3 Å². The summed E-state index contributed by atoms with van der Waals surface area (Å²) in [6.45, 7) is 2.23. The monoisotopic (exact) mass is 481 g/mol. The lowest BCUT2D eigenvalue weighted by atomic mass is 10.2. The Hall–Kier alpha value is -2.63. The minimum atomic E-state index is -4.04. The minimum Gasteiger partial charge on any atom is -0.495 e. The molecule has 11 heteroatoms. The van der Waals surface area contributed by atoms with Crippen molar-refractivity contribution in [3.63, 3.8) is 0 Å². The third kappa shape index (κ3) is 5.59. The number of nitrogens with zero attached hydrogens (tertiary/aromatic N) is 1. The molecule has 2 aromatic rings. The average Bonchev–Trinajstić information content (AvgIpc) is 3.03. The number of anilines is 2. The van der Waals surface area contributed by atoms with E-state index < -0.39 is 20.0 Å². The molecule has 1 saturated heterocycles. The molecule has 0 spiro atoms. The first-order valence-electron chi connectivity index (χ1n) is 10.2. The van der Waals surface area contributed by atoms with Gasteiger partial charge in [-0.1, -0.05) is 12.8 Å². The van der Waals surface area contributed by atoms with E-state index in [0.717, 1.165) is 25.7 Å². The number of rotatable bonds is 7. The summed E-state index contributed by atoms with van der Waals surface area (Å²) in [7, 11) is -6.43. The summed E-state index contributed by atoms with van der Waals surface area (Å²) in [4.78, 5) is 11.1. The van der Waals surface area contributed by atoms with Crippen LogP contribution >= 0.6 is 0 Å². The lowest BCUT2D eigenvalue weighted by molar-refractivity contribution is -0.114. The van der Waals surface area contributed by atoms with Gasteiger partial charge in [0.05, 0.1) is 22.6 Å². The van der Waals surface area contributed by atoms with E-state index in [9.17, 15) is 21.6 Å². The topological polar surface area (TPSA) is 122 Å². The highest BCUT2D eigenvalue weighted by Crippen LogP contribution is 2.31. The first-order chi connectivity index (χ1) is 15.1. The summed E-state index contributed by atoms with van der Waals surface area (Å²) < 4.78 is 61.2. The van der Waals surface area contributed by atoms with Crippen LogP contribution < -0.4 is 14.8 Å². The van der Waals surface area contributed by atoms with Crippen molar-refractivity contribution in [2.75, 3.05) is 30.2 Å². The highest BCUT2D eigenvalue weighted by Gasteiger charge is 2.27. The maximum Gasteiger partial charge on any atom is 0.262 e. The van der Waals surface area contributed by atoms with E-state index in [1.807, 2.05) is 0 Å². The third-order valence-electron chi connectivity index (χ3n) is 5.10. The molecule has 32 heavy (non-hydrogen) atoms. The van der Waals surface area contributed by atoms with E-state index in [-0.39, 0.29) is 27.1 Å². The zero-order valence-electron chi connectivity index (χ0n) is 18.0. The Kier molecular flexibility index (Phi) is 7.42. The predicted octanol–water partition coefficient (Wildman–Crippen LogP) is 3.02. The molecular formula is C21H27N3O6S2. The van der Waals surface area contributed by atoms with Crippen molar-refractivity contribution in [2.24, 2.45) is 0 Å². The summed E-state index contributed by atoms with van der Waals surface area (Å²) >= 11 is 0. The maximum absolute atomic E-state index is 13.1. The summed E-state index contributed by atoms with van der Waals surface area (Å²) in [5.41, 5.74) is 0.480. The number of sulfonamides is 2. The van der Waals surface area contributed by atoms with Crippen LogP contribution in [0.4, 0.5) is 11.4 Å². The fourth-order valence-electron chi connectivity index (χ4n) is 3.48. The summed E-state index contributed by atoms with van der Waals surface area (Å²) in [6, 6.07) is 9.75. The van der Waals surface area contributed by atoms with Gasteiger partial charge in [-0.2, -0.15) is 4.31 Å². The SMILES string of the molecule is COc1ccc(S(=O)(=O)N2CCCCCC2)cc1NS(=O)(=O)c1ccc(NC(C)=O)cc1. The van der Waals surface area contributed by atoms with Crippen LogP contribution in [0, 0.1) is 0 Å². The summed E-state index contributed by atoms with van der Waals surface area (Å²) in [6.07, 6.45) is 3.56. The van der Waals surface area contributed by atoms with Gasteiger partial charge in [0.2, 0.25) is 15.9 Å². The van der Waals surface area contributed by atoms with Crippen LogP contribution in [0.3, 0.4) is 0 Å². The number of nitrogens with one attached hydrogen (secondary N) is 2. The highest BCUT2D eigenvalue weighted by atomic mass is 32.2. The van der Waals surface area contributed by atoms with E-state index in [1.165, 1.54) is 60.8 Å². The lowest BCUT2D eigenvalue weighted by Gasteiger charge is -2.21. The van der Waals surface area contributed by atoms with Crippen molar-refractivity contribution in [3.8, 4) is 5.75 Å². The van der Waals surface area contributed by atoms with Crippen molar-refractivity contribution < 1.29 is 26.4 Å². The van der Waals surface area contributed by atoms with Gasteiger partial charge in [-0.15, -0.1) is 0 Å². The van der Waals surface area contributed by atoms with E-state index in [2.05, 4.69) is 10.0 Å². The molecule has 0 saturated carbocycles. The van der Waals surface area contributed by atoms with E-state index in [0.29, 0.717) is 18.8 Å². The smallest absolute Gasteiger partial charge is 0.262 e. The zero-order chi connectivity index (χ0) is 23.4. The molecule has 1 fully saturated rings. The van der Waals surface area contributed by atoms with Gasteiger partial charge in [-0.25, -0.2) is 16.8 Å². The van der Waals surface area contributed by atoms with Crippen LogP contribution in [0.5, 0.6) is 5.75 Å². The lowest BCUT2D eigenvalue weighted by Crippen LogP contribution is -2.32. The Bertz CT molecular complexity index is 1170. The van der Waals surface area contributed by atoms with Crippen LogP contribution in [0.2, 0.25) is 0 Å². The van der Waals surface area contributed by atoms with Crippen molar-refractivity contribution in [1.29, 1.82) is 0 Å². The fourth-order valence-corrected chi connectivity index (χ4v) is 6.09. The molecule has 1 aliphatic heterocycles. The van der Waals surface area contributed by atoms with Crippen LogP contribution in [-0.4, -0.2) is 47.2 Å². The summed E-state index contributed by atoms with van der Waals surface area (Å²) in [5.74, 6) is -0.0795. The van der Waals surface area contributed by atoms with Crippen LogP contribution in [0.15, 0.2) is 52.3 Å².